The highest BCUT2D eigenvalue weighted by atomic mass is 32.2. The molecule has 0 fully saturated rings. The Balaban J connectivity index is 2.00. The Labute approximate surface area is 154 Å². The van der Waals surface area contributed by atoms with E-state index in [9.17, 15) is 13.6 Å². The molecule has 26 heavy (non-hydrogen) atoms. The summed E-state index contributed by atoms with van der Waals surface area (Å²) < 4.78 is 29.9. The van der Waals surface area contributed by atoms with Gasteiger partial charge in [-0.2, -0.15) is 8.78 Å². The van der Waals surface area contributed by atoms with E-state index >= 15 is 0 Å². The van der Waals surface area contributed by atoms with Gasteiger partial charge in [-0.05, 0) is 37.1 Å². The smallest absolute Gasteiger partial charge is 0.387 e. The number of hydrogen-bond donors (Lipinski definition) is 2. The highest BCUT2D eigenvalue weighted by Crippen LogP contribution is 2.24. The lowest BCUT2D eigenvalue weighted by molar-refractivity contribution is -0.119. The molecule has 0 radical (unpaired) electrons. The topological polar surface area (TPSA) is 95.1 Å². The van der Waals surface area contributed by atoms with Gasteiger partial charge in [0.25, 0.3) is 0 Å². The molecular formula is C16H21F2N5O2S. The molecule has 10 heteroatoms. The lowest BCUT2D eigenvalue weighted by atomic mass is 10.1. The summed E-state index contributed by atoms with van der Waals surface area (Å²) >= 11 is 1.16. The van der Waals surface area contributed by atoms with Crippen LogP contribution in [-0.4, -0.2) is 39.2 Å². The van der Waals surface area contributed by atoms with Gasteiger partial charge in [0.2, 0.25) is 11.1 Å². The van der Waals surface area contributed by atoms with Crippen LogP contribution in [0.25, 0.3) is 11.4 Å². The van der Waals surface area contributed by atoms with Crippen molar-refractivity contribution in [2.45, 2.75) is 38.6 Å². The van der Waals surface area contributed by atoms with E-state index in [4.69, 9.17) is 5.84 Å². The van der Waals surface area contributed by atoms with Gasteiger partial charge in [-0.1, -0.05) is 25.6 Å². The average molecular weight is 385 g/mol. The zero-order valence-corrected chi connectivity index (χ0v) is 15.5. The third-order valence-corrected chi connectivity index (χ3v) is 4.67. The van der Waals surface area contributed by atoms with E-state index < -0.39 is 6.61 Å². The maximum absolute atomic E-state index is 12.2. The van der Waals surface area contributed by atoms with Crippen LogP contribution in [0.4, 0.5) is 8.78 Å². The lowest BCUT2D eigenvalue weighted by Crippen LogP contribution is -2.37. The van der Waals surface area contributed by atoms with Crippen molar-refractivity contribution in [2.75, 3.05) is 11.6 Å². The van der Waals surface area contributed by atoms with Crippen molar-refractivity contribution >= 4 is 17.7 Å². The summed E-state index contributed by atoms with van der Waals surface area (Å²) in [6.45, 7) is 3.11. The molecule has 0 unspecified atom stereocenters. The molecule has 0 spiro atoms. The zero-order valence-electron chi connectivity index (χ0n) is 14.6. The predicted molar refractivity (Wildman–Crippen MR) is 95.4 cm³/mol. The second-order valence-corrected chi connectivity index (χ2v) is 6.91. The van der Waals surface area contributed by atoms with Gasteiger partial charge in [0, 0.05) is 11.6 Å². The Hall–Kier alpha value is -2.36. The van der Waals surface area contributed by atoms with Gasteiger partial charge in [0.05, 0.1) is 5.75 Å². The first-order valence-corrected chi connectivity index (χ1v) is 8.94. The normalized spacial score (nSPS) is 12.4. The SMILES string of the molecule is CC(C)[C@H](C)NC(=O)CSc1nnc(-c2ccc(OC(F)F)cc2)n1N. The molecular weight excluding hydrogens is 364 g/mol. The number of amides is 1. The molecule has 1 amide bonds. The van der Waals surface area contributed by atoms with Crippen molar-refractivity contribution in [3.05, 3.63) is 24.3 Å². The number of carbonyl (C=O) groups excluding carboxylic acids is 1. The fraction of sp³-hybridized carbons (Fsp3) is 0.438. The largest absolute Gasteiger partial charge is 0.435 e. The van der Waals surface area contributed by atoms with E-state index in [-0.39, 0.29) is 23.5 Å². The van der Waals surface area contributed by atoms with Crippen molar-refractivity contribution in [1.29, 1.82) is 0 Å². The van der Waals surface area contributed by atoms with Crippen molar-refractivity contribution in [3.8, 4) is 17.1 Å². The number of aromatic nitrogens is 3. The van der Waals surface area contributed by atoms with E-state index in [0.717, 1.165) is 11.8 Å². The molecule has 142 valence electrons. The molecule has 1 aromatic carbocycles. The number of rotatable bonds is 8. The number of hydrogen-bond acceptors (Lipinski definition) is 6. The van der Waals surface area contributed by atoms with Gasteiger partial charge in [0.15, 0.2) is 5.82 Å². The van der Waals surface area contributed by atoms with Crippen molar-refractivity contribution in [3.63, 3.8) is 0 Å². The van der Waals surface area contributed by atoms with E-state index in [0.29, 0.717) is 22.5 Å². The second-order valence-electron chi connectivity index (χ2n) is 5.97. The van der Waals surface area contributed by atoms with Crippen LogP contribution >= 0.6 is 11.8 Å². The van der Waals surface area contributed by atoms with Gasteiger partial charge >= 0.3 is 6.61 Å². The Morgan fingerprint density at radius 3 is 2.50 bits per heavy atom. The molecule has 0 aliphatic heterocycles. The summed E-state index contributed by atoms with van der Waals surface area (Å²) in [4.78, 5) is 11.9. The Bertz CT molecular complexity index is 737. The summed E-state index contributed by atoms with van der Waals surface area (Å²) in [5.74, 6) is 6.75. The van der Waals surface area contributed by atoms with Crippen molar-refractivity contribution in [1.82, 2.24) is 20.2 Å². The predicted octanol–water partition coefficient (Wildman–Crippen LogP) is 2.51. The number of nitrogens with two attached hydrogens (primary N) is 1. The Kier molecular flexibility index (Phi) is 6.78. The maximum atomic E-state index is 12.2. The quantitative estimate of drug-likeness (QED) is 0.536. The van der Waals surface area contributed by atoms with Gasteiger partial charge in [-0.15, -0.1) is 10.2 Å². The summed E-state index contributed by atoms with van der Waals surface area (Å²) in [5.41, 5.74) is 0.589. The molecule has 2 aromatic rings. The summed E-state index contributed by atoms with van der Waals surface area (Å²) in [5, 5.41) is 11.2. The third kappa shape index (κ3) is 5.32. The van der Waals surface area contributed by atoms with Gasteiger partial charge in [-0.25, -0.2) is 4.68 Å². The first kappa shape index (κ1) is 20.0. The maximum Gasteiger partial charge on any atom is 0.387 e. The fourth-order valence-electron chi connectivity index (χ4n) is 1.95. The fourth-order valence-corrected chi connectivity index (χ4v) is 2.62. The molecule has 0 saturated heterocycles. The number of nitrogen functional groups attached to an aromatic ring is 1. The number of nitrogens with zero attached hydrogens (tertiary/aromatic N) is 3. The number of halogens is 2. The van der Waals surface area contributed by atoms with Crippen LogP contribution in [-0.2, 0) is 4.79 Å². The number of alkyl halides is 2. The van der Waals surface area contributed by atoms with Crippen LogP contribution in [0.3, 0.4) is 0 Å². The Morgan fingerprint density at radius 1 is 1.27 bits per heavy atom. The van der Waals surface area contributed by atoms with Gasteiger partial charge in [-0.3, -0.25) is 4.79 Å². The molecule has 1 atom stereocenters. The van der Waals surface area contributed by atoms with Crippen LogP contribution in [0.5, 0.6) is 5.75 Å². The number of thioether (sulfide) groups is 1. The molecule has 1 aromatic heterocycles. The molecule has 0 aliphatic rings. The van der Waals surface area contributed by atoms with Crippen LogP contribution in [0.1, 0.15) is 20.8 Å². The first-order chi connectivity index (χ1) is 12.3. The second kappa shape index (κ2) is 8.84. The Morgan fingerprint density at radius 2 is 1.92 bits per heavy atom. The standard InChI is InChI=1S/C16H21F2N5O2S/c1-9(2)10(3)20-13(24)8-26-16-22-21-14(23(16)19)11-4-6-12(7-5-11)25-15(17)18/h4-7,9-10,15H,8,19H2,1-3H3,(H,20,24)/t10-/m0/s1. The molecule has 3 N–H and O–H groups in total. The first-order valence-electron chi connectivity index (χ1n) is 7.95. The van der Waals surface area contributed by atoms with E-state index in [1.165, 1.54) is 16.8 Å². The molecule has 7 nitrogen and oxygen atoms in total. The number of ether oxygens (including phenoxy) is 1. The highest BCUT2D eigenvalue weighted by molar-refractivity contribution is 7.99. The summed E-state index contributed by atoms with van der Waals surface area (Å²) in [6.07, 6.45) is 0. The highest BCUT2D eigenvalue weighted by Gasteiger charge is 2.16. The summed E-state index contributed by atoms with van der Waals surface area (Å²) in [7, 11) is 0. The van der Waals surface area contributed by atoms with E-state index in [1.807, 2.05) is 20.8 Å². The molecule has 0 bridgehead atoms. The van der Waals surface area contributed by atoms with E-state index in [1.54, 1.807) is 12.1 Å². The van der Waals surface area contributed by atoms with Gasteiger partial charge in [0.1, 0.15) is 5.75 Å². The number of carbonyl (C=O) groups is 1. The minimum absolute atomic E-state index is 0.0392. The zero-order chi connectivity index (χ0) is 19.3. The number of nitrogens with one attached hydrogen (secondary N) is 1. The van der Waals surface area contributed by atoms with Gasteiger partial charge < -0.3 is 15.9 Å². The summed E-state index contributed by atoms with van der Waals surface area (Å²) in [6, 6.07) is 5.96. The lowest BCUT2D eigenvalue weighted by Gasteiger charge is -2.16. The third-order valence-electron chi connectivity index (χ3n) is 3.72. The molecule has 0 saturated carbocycles. The van der Waals surface area contributed by atoms with E-state index in [2.05, 4.69) is 20.3 Å². The number of benzene rings is 1. The minimum Gasteiger partial charge on any atom is -0.435 e. The van der Waals surface area contributed by atoms with Crippen LogP contribution in [0, 0.1) is 5.92 Å². The van der Waals surface area contributed by atoms with Crippen LogP contribution in [0.15, 0.2) is 29.4 Å². The van der Waals surface area contributed by atoms with Crippen molar-refractivity contribution in [2.24, 2.45) is 5.92 Å². The van der Waals surface area contributed by atoms with Crippen LogP contribution in [0.2, 0.25) is 0 Å². The monoisotopic (exact) mass is 385 g/mol. The molecule has 2 rings (SSSR count). The molecule has 0 aliphatic carbocycles. The van der Waals surface area contributed by atoms with Crippen molar-refractivity contribution < 1.29 is 18.3 Å². The minimum atomic E-state index is -2.88. The average Bonchev–Trinajstić information content (AvgIpc) is 2.94. The molecule has 1 heterocycles. The van der Waals surface area contributed by atoms with Crippen LogP contribution < -0.4 is 15.9 Å².